The van der Waals surface area contributed by atoms with Gasteiger partial charge in [-0.05, 0) is 27.2 Å². The molecule has 0 N–H and O–H groups in total. The van der Waals surface area contributed by atoms with Gasteiger partial charge in [0.1, 0.15) is 5.60 Å². The van der Waals surface area contributed by atoms with Gasteiger partial charge in [-0.3, -0.25) is 4.79 Å². The Morgan fingerprint density at radius 3 is 2.06 bits per heavy atom. The number of ether oxygens (including phenoxy) is 1. The van der Waals surface area contributed by atoms with Gasteiger partial charge in [-0.2, -0.15) is 0 Å². The van der Waals surface area contributed by atoms with Gasteiger partial charge >= 0.3 is 6.09 Å². The molecule has 2 amide bonds. The van der Waals surface area contributed by atoms with Crippen LogP contribution in [0, 0.1) is 0 Å². The minimum absolute atomic E-state index is 0.0985. The molecule has 0 spiro atoms. The first-order valence-electron chi connectivity index (χ1n) is 6.05. The molecule has 0 aromatic carbocycles. The highest BCUT2D eigenvalue weighted by atomic mass is 16.6. The molecular weight excluding hydrogens is 220 g/mol. The molecule has 2 bridgehead atoms. The third kappa shape index (κ3) is 2.37. The third-order valence-corrected chi connectivity index (χ3v) is 3.27. The molecule has 2 aliphatic rings. The average molecular weight is 240 g/mol. The Morgan fingerprint density at radius 2 is 1.65 bits per heavy atom. The molecule has 2 saturated heterocycles. The summed E-state index contributed by atoms with van der Waals surface area (Å²) in [5.41, 5.74) is -0.459. The highest BCUT2D eigenvalue weighted by molar-refractivity contribution is 5.75. The zero-order chi connectivity index (χ0) is 12.8. The summed E-state index contributed by atoms with van der Waals surface area (Å²) in [6.07, 6.45) is 0.631. The van der Waals surface area contributed by atoms with Crippen LogP contribution in [-0.2, 0) is 9.53 Å². The molecule has 96 valence electrons. The average Bonchev–Trinajstić information content (AvgIpc) is 2.72. The van der Waals surface area contributed by atoms with E-state index in [0.717, 1.165) is 6.42 Å². The van der Waals surface area contributed by atoms with E-state index in [1.807, 2.05) is 25.7 Å². The van der Waals surface area contributed by atoms with Crippen molar-refractivity contribution >= 4 is 12.0 Å². The number of rotatable bonds is 0. The van der Waals surface area contributed by atoms with E-state index in [9.17, 15) is 9.59 Å². The van der Waals surface area contributed by atoms with Crippen LogP contribution in [-0.4, -0.2) is 52.6 Å². The number of hydrogen-bond acceptors (Lipinski definition) is 3. The fourth-order valence-electron chi connectivity index (χ4n) is 2.60. The number of carbonyl (C=O) groups is 2. The Balaban J connectivity index is 1.96. The highest BCUT2D eigenvalue weighted by Crippen LogP contribution is 2.31. The van der Waals surface area contributed by atoms with E-state index in [1.165, 1.54) is 0 Å². The summed E-state index contributed by atoms with van der Waals surface area (Å²) in [5, 5.41) is 0. The maximum Gasteiger partial charge on any atom is 0.410 e. The normalized spacial score (nSPS) is 27.5. The lowest BCUT2D eigenvalue weighted by molar-refractivity contribution is -0.131. The van der Waals surface area contributed by atoms with Crippen molar-refractivity contribution in [3.8, 4) is 0 Å². The molecule has 0 radical (unpaired) electrons. The van der Waals surface area contributed by atoms with Crippen LogP contribution < -0.4 is 0 Å². The van der Waals surface area contributed by atoms with Crippen LogP contribution in [0.1, 0.15) is 34.1 Å². The molecule has 2 atom stereocenters. The van der Waals surface area contributed by atoms with E-state index < -0.39 is 5.60 Å². The predicted molar refractivity (Wildman–Crippen MR) is 62.5 cm³/mol. The molecule has 0 aliphatic carbocycles. The Hall–Kier alpha value is -1.26. The van der Waals surface area contributed by atoms with Gasteiger partial charge in [-0.1, -0.05) is 0 Å². The van der Waals surface area contributed by atoms with Gasteiger partial charge in [-0.15, -0.1) is 0 Å². The molecule has 5 nitrogen and oxygen atoms in total. The van der Waals surface area contributed by atoms with Crippen LogP contribution in [0.25, 0.3) is 0 Å². The van der Waals surface area contributed by atoms with E-state index in [0.29, 0.717) is 13.1 Å². The van der Waals surface area contributed by atoms with E-state index in [1.54, 1.807) is 11.8 Å². The number of fused-ring (bicyclic) bond motifs is 2. The Labute approximate surface area is 102 Å². The fourth-order valence-corrected chi connectivity index (χ4v) is 2.60. The smallest absolute Gasteiger partial charge is 0.410 e. The second-order valence-corrected chi connectivity index (χ2v) is 5.85. The number of nitrogens with zero attached hydrogens (tertiary/aromatic N) is 2. The van der Waals surface area contributed by atoms with Crippen LogP contribution >= 0.6 is 0 Å². The minimum Gasteiger partial charge on any atom is -0.444 e. The van der Waals surface area contributed by atoms with Crippen molar-refractivity contribution in [2.45, 2.75) is 51.8 Å². The summed E-state index contributed by atoms with van der Waals surface area (Å²) < 4.78 is 5.35. The lowest BCUT2D eigenvalue weighted by Crippen LogP contribution is -2.51. The Kier molecular flexibility index (Phi) is 2.79. The SMILES string of the molecule is CC(=O)N1CC2CC1CN2C(=O)OC(C)(C)C. The number of piperazine rings is 1. The predicted octanol–water partition coefficient (Wildman–Crippen LogP) is 1.23. The number of amides is 2. The third-order valence-electron chi connectivity index (χ3n) is 3.27. The van der Waals surface area contributed by atoms with Gasteiger partial charge in [0.05, 0.1) is 12.1 Å². The number of carbonyl (C=O) groups excluding carboxylic acids is 2. The topological polar surface area (TPSA) is 49.9 Å². The summed E-state index contributed by atoms with van der Waals surface area (Å²) in [5.74, 6) is 0.0985. The molecule has 2 rings (SSSR count). The minimum atomic E-state index is -0.459. The number of hydrogen-bond donors (Lipinski definition) is 0. The van der Waals surface area contributed by atoms with Gasteiger partial charge in [0.15, 0.2) is 0 Å². The van der Waals surface area contributed by atoms with Crippen molar-refractivity contribution < 1.29 is 14.3 Å². The van der Waals surface area contributed by atoms with Gasteiger partial charge in [0.25, 0.3) is 0 Å². The first-order valence-corrected chi connectivity index (χ1v) is 6.05. The van der Waals surface area contributed by atoms with Gasteiger partial charge in [0, 0.05) is 20.0 Å². The quantitative estimate of drug-likeness (QED) is 0.640. The molecule has 2 fully saturated rings. The summed E-state index contributed by atoms with van der Waals surface area (Å²) in [6.45, 7) is 8.43. The van der Waals surface area contributed by atoms with Crippen molar-refractivity contribution in [1.29, 1.82) is 0 Å². The maximum atomic E-state index is 11.9. The molecule has 0 aromatic rings. The largest absolute Gasteiger partial charge is 0.444 e. The second kappa shape index (κ2) is 3.89. The molecule has 2 unspecified atom stereocenters. The molecule has 0 saturated carbocycles. The van der Waals surface area contributed by atoms with Crippen LogP contribution in [0.5, 0.6) is 0 Å². The fraction of sp³-hybridized carbons (Fsp3) is 0.833. The summed E-state index contributed by atoms with van der Waals surface area (Å²) in [7, 11) is 0. The maximum absolute atomic E-state index is 11.9. The van der Waals surface area contributed by atoms with Crippen LogP contribution in [0.3, 0.4) is 0 Å². The molecule has 2 aliphatic heterocycles. The lowest BCUT2D eigenvalue weighted by atomic mass is 10.2. The first-order chi connectivity index (χ1) is 7.78. The van der Waals surface area contributed by atoms with Gasteiger partial charge in [0.2, 0.25) is 5.91 Å². The Morgan fingerprint density at radius 1 is 1.12 bits per heavy atom. The van der Waals surface area contributed by atoms with E-state index in [2.05, 4.69) is 0 Å². The summed E-state index contributed by atoms with van der Waals surface area (Å²) >= 11 is 0. The van der Waals surface area contributed by atoms with Crippen LogP contribution in [0.2, 0.25) is 0 Å². The van der Waals surface area contributed by atoms with E-state index in [4.69, 9.17) is 4.74 Å². The zero-order valence-electron chi connectivity index (χ0n) is 10.9. The summed E-state index contributed by atoms with van der Waals surface area (Å²) in [6, 6.07) is 0.323. The van der Waals surface area contributed by atoms with Crippen LogP contribution in [0.15, 0.2) is 0 Å². The van der Waals surface area contributed by atoms with Crippen molar-refractivity contribution in [1.82, 2.24) is 9.80 Å². The van der Waals surface area contributed by atoms with Crippen molar-refractivity contribution in [3.05, 3.63) is 0 Å². The highest BCUT2D eigenvalue weighted by Gasteiger charge is 2.47. The zero-order valence-corrected chi connectivity index (χ0v) is 10.9. The Bertz CT molecular complexity index is 348. The van der Waals surface area contributed by atoms with E-state index in [-0.39, 0.29) is 24.1 Å². The molecular formula is C12H20N2O3. The van der Waals surface area contributed by atoms with Crippen molar-refractivity contribution in [3.63, 3.8) is 0 Å². The summed E-state index contributed by atoms with van der Waals surface area (Å²) in [4.78, 5) is 26.9. The second-order valence-electron chi connectivity index (χ2n) is 5.85. The molecule has 0 aromatic heterocycles. The monoisotopic (exact) mass is 240 g/mol. The molecule has 17 heavy (non-hydrogen) atoms. The van der Waals surface area contributed by atoms with E-state index >= 15 is 0 Å². The van der Waals surface area contributed by atoms with Crippen molar-refractivity contribution in [2.24, 2.45) is 0 Å². The first kappa shape index (κ1) is 12.2. The standard InChI is InChI=1S/C12H20N2O3/c1-8(15)13-6-10-5-9(13)7-14(10)11(16)17-12(2,3)4/h9-10H,5-7H2,1-4H3. The van der Waals surface area contributed by atoms with Crippen LogP contribution in [0.4, 0.5) is 4.79 Å². The van der Waals surface area contributed by atoms with Gasteiger partial charge in [-0.25, -0.2) is 4.79 Å². The van der Waals surface area contributed by atoms with Gasteiger partial charge < -0.3 is 14.5 Å². The lowest BCUT2D eigenvalue weighted by Gasteiger charge is -2.34. The molecule has 5 heteroatoms. The van der Waals surface area contributed by atoms with Crippen molar-refractivity contribution in [2.75, 3.05) is 13.1 Å². The molecule has 2 heterocycles. The number of likely N-dealkylation sites (tertiary alicyclic amines) is 2.